The van der Waals surface area contributed by atoms with Crippen LogP contribution < -0.4 is 154 Å². The van der Waals surface area contributed by atoms with Crippen LogP contribution in [0.4, 0.5) is 0 Å². The molecule has 0 aliphatic carbocycles. The minimum atomic E-state index is -5.04. The van der Waals surface area contributed by atoms with Gasteiger partial charge in [-0.15, -0.1) is 0 Å². The second kappa shape index (κ2) is 34.5. The van der Waals surface area contributed by atoms with Crippen LogP contribution in [0.1, 0.15) is 71.9 Å². The predicted molar refractivity (Wildman–Crippen MR) is 285 cm³/mol. The topological polar surface area (TPSA) is 344 Å². The molecule has 6 aromatic rings. The van der Waals surface area contributed by atoms with Gasteiger partial charge in [0.1, 0.15) is 30.4 Å². The minimum Gasteiger partial charge on any atom is -0.747 e. The van der Waals surface area contributed by atoms with Crippen molar-refractivity contribution in [1.29, 1.82) is 0 Å². The van der Waals surface area contributed by atoms with Crippen LogP contribution in [0.15, 0.2) is 146 Å². The third kappa shape index (κ3) is 27.2. The van der Waals surface area contributed by atoms with Crippen molar-refractivity contribution in [3.05, 3.63) is 179 Å². The minimum absolute atomic E-state index is 0. The van der Waals surface area contributed by atoms with Crippen LogP contribution in [0.3, 0.4) is 0 Å². The SMILES string of the molecule is Cc1ccc(-c2ccc(CCCC(P(=O)(O)O)S(=O)(=O)[O-])cc2)cc1.Cc1ccc(-c2ccc(CCCC(P(=O)(O)O)S(=O)(=O)[O-])cc2)cc1.Cc1ccc(-c2ccc(CCCC(P(=O)(O)O)S(=O)(=O)[O-])cc2)cc1.[K+].[K+].[K+]. The fraction of sp³-hybridized carbons (Fsp3) is 0.294. The Balaban J connectivity index is 0.000000574. The zero-order chi connectivity index (χ0) is 56.0. The fourth-order valence-corrected chi connectivity index (χ4v) is 14.7. The molecule has 0 saturated carbocycles. The van der Waals surface area contributed by atoms with Gasteiger partial charge in [0.15, 0.2) is 15.0 Å². The second-order valence-electron chi connectivity index (χ2n) is 18.0. The third-order valence-corrected chi connectivity index (χ3v) is 22.4. The van der Waals surface area contributed by atoms with Gasteiger partial charge in [-0.3, -0.25) is 13.7 Å². The van der Waals surface area contributed by atoms with E-state index in [1.165, 1.54) is 16.7 Å². The molecule has 78 heavy (non-hydrogen) atoms. The molecule has 27 heteroatoms. The molecule has 6 rings (SSSR count). The molecule has 6 N–H and O–H groups in total. The van der Waals surface area contributed by atoms with Crippen molar-refractivity contribution in [2.45, 2.75) is 93.5 Å². The molecule has 408 valence electrons. The molecule has 0 aliphatic rings. The molecule has 0 heterocycles. The van der Waals surface area contributed by atoms with Crippen LogP contribution in [0.2, 0.25) is 0 Å². The van der Waals surface area contributed by atoms with E-state index in [1.54, 1.807) is 0 Å². The van der Waals surface area contributed by atoms with Crippen LogP contribution >= 0.6 is 22.8 Å². The predicted octanol–water partition coefficient (Wildman–Crippen LogP) is 0.113. The van der Waals surface area contributed by atoms with Crippen molar-refractivity contribution in [2.75, 3.05) is 0 Å². The number of aryl methyl sites for hydroxylation is 6. The van der Waals surface area contributed by atoms with E-state index in [0.717, 1.165) is 50.1 Å². The summed E-state index contributed by atoms with van der Waals surface area (Å²) in [7, 11) is -30.0. The molecule has 0 aliphatic heterocycles. The van der Waals surface area contributed by atoms with Gasteiger partial charge >= 0.3 is 177 Å². The largest absolute Gasteiger partial charge is 1.00 e. The second-order valence-corrected chi connectivity index (χ2v) is 29.1. The Morgan fingerprint density at radius 2 is 0.487 bits per heavy atom. The molecule has 3 unspecified atom stereocenters. The number of benzene rings is 6. The van der Waals surface area contributed by atoms with Crippen molar-refractivity contribution in [1.82, 2.24) is 0 Å². The summed E-state index contributed by atoms with van der Waals surface area (Å²) in [5.74, 6) is 0. The van der Waals surface area contributed by atoms with Crippen molar-refractivity contribution < 1.29 is 236 Å². The van der Waals surface area contributed by atoms with Crippen molar-refractivity contribution >= 4 is 53.1 Å². The molecule has 6 aromatic carbocycles. The number of hydrogen-bond donors (Lipinski definition) is 6. The molecular formula is C51H60K3O18P3S3. The fourth-order valence-electron chi connectivity index (χ4n) is 7.71. The first-order valence-corrected chi connectivity index (χ1v) is 32.7. The van der Waals surface area contributed by atoms with Crippen LogP contribution in [0.5, 0.6) is 0 Å². The van der Waals surface area contributed by atoms with E-state index in [4.69, 9.17) is 29.4 Å². The maximum atomic E-state index is 11.2. The molecule has 18 nitrogen and oxygen atoms in total. The van der Waals surface area contributed by atoms with Crippen LogP contribution in [0.25, 0.3) is 33.4 Å². The zero-order valence-electron chi connectivity index (χ0n) is 44.1. The Morgan fingerprint density at radius 1 is 0.333 bits per heavy atom. The molecule has 0 aromatic heterocycles. The maximum Gasteiger partial charge on any atom is 1.00 e. The summed E-state index contributed by atoms with van der Waals surface area (Å²) in [5.41, 5.74) is 12.6. The molecule has 0 fully saturated rings. The Bertz CT molecular complexity index is 2930. The summed E-state index contributed by atoms with van der Waals surface area (Å²) in [6, 6.07) is 47.2. The van der Waals surface area contributed by atoms with Gasteiger partial charge in [0.05, 0.1) is 0 Å². The van der Waals surface area contributed by atoms with E-state index in [0.29, 0.717) is 19.3 Å². The first kappa shape index (κ1) is 76.4. The Morgan fingerprint density at radius 3 is 0.628 bits per heavy atom. The summed E-state index contributed by atoms with van der Waals surface area (Å²) in [4.78, 5) is 47.6. The van der Waals surface area contributed by atoms with E-state index in [-0.39, 0.29) is 193 Å². The summed E-state index contributed by atoms with van der Waals surface area (Å²) in [6.45, 7) is 6.04. The molecule has 0 spiro atoms. The summed E-state index contributed by atoms with van der Waals surface area (Å²) in [5, 5.41) is 0. The van der Waals surface area contributed by atoms with Gasteiger partial charge in [-0.05, 0) is 129 Å². The molecule has 0 saturated heterocycles. The molecular weight excluding hydrogens is 1210 g/mol. The van der Waals surface area contributed by atoms with Gasteiger partial charge in [-0.25, -0.2) is 25.3 Å². The van der Waals surface area contributed by atoms with Crippen LogP contribution in [0, 0.1) is 20.8 Å². The van der Waals surface area contributed by atoms with Crippen molar-refractivity contribution in [3.63, 3.8) is 0 Å². The van der Waals surface area contributed by atoms with Crippen LogP contribution in [-0.2, 0) is 63.3 Å². The van der Waals surface area contributed by atoms with Crippen LogP contribution in [-0.4, -0.2) is 83.2 Å². The number of hydrogen-bond acceptors (Lipinski definition) is 12. The normalized spacial score (nSPS) is 13.1. The summed E-state index contributed by atoms with van der Waals surface area (Å²) < 4.78 is 132. The van der Waals surface area contributed by atoms with Gasteiger partial charge in [-0.1, -0.05) is 162 Å². The van der Waals surface area contributed by atoms with E-state index in [9.17, 15) is 52.6 Å². The first-order valence-electron chi connectivity index (χ1n) is 23.2. The summed E-state index contributed by atoms with van der Waals surface area (Å²) in [6.07, 6.45) is 0.783. The van der Waals surface area contributed by atoms with E-state index >= 15 is 0 Å². The van der Waals surface area contributed by atoms with Gasteiger partial charge in [0, 0.05) is 0 Å². The van der Waals surface area contributed by atoms with Crippen molar-refractivity contribution in [2.24, 2.45) is 0 Å². The monoisotopic (exact) mass is 1270 g/mol. The number of rotatable bonds is 21. The standard InChI is InChI=1S/3C17H21O6PS.3K/c3*1-13-5-9-15(10-6-13)16-11-7-14(8-12-16)3-2-4-17(24(18,19)20)25(21,22)23;;;/h3*5-12,17H,2-4H2,1H3,(H2,18,19,20)(H,21,22,23);;;/q;;;3*+1/p-3. The van der Waals surface area contributed by atoms with Crippen molar-refractivity contribution in [3.8, 4) is 33.4 Å². The van der Waals surface area contributed by atoms with Gasteiger partial charge in [-0.2, -0.15) is 0 Å². The zero-order valence-corrected chi connectivity index (χ0v) is 58.6. The van der Waals surface area contributed by atoms with E-state index in [1.807, 2.05) is 166 Å². The van der Waals surface area contributed by atoms with Gasteiger partial charge in [0.2, 0.25) is 0 Å². The quantitative estimate of drug-likeness (QED) is 0.0316. The third-order valence-electron chi connectivity index (χ3n) is 11.9. The van der Waals surface area contributed by atoms with Gasteiger partial charge < -0.3 is 43.0 Å². The molecule has 0 bridgehead atoms. The van der Waals surface area contributed by atoms with Gasteiger partial charge in [0.25, 0.3) is 0 Å². The molecule has 3 atom stereocenters. The Kier molecular flexibility index (Phi) is 33.8. The molecule has 0 amide bonds. The van der Waals surface area contributed by atoms with E-state index < -0.39 is 68.1 Å². The smallest absolute Gasteiger partial charge is 0.747 e. The Labute approximate surface area is 585 Å². The average molecular weight is 1270 g/mol. The Hall–Kier alpha value is 0.409. The first-order chi connectivity index (χ1) is 34.7. The average Bonchev–Trinajstić information content (AvgIpc) is 3.30. The van der Waals surface area contributed by atoms with E-state index in [2.05, 4.69) is 0 Å². The summed E-state index contributed by atoms with van der Waals surface area (Å²) >= 11 is 0. The maximum absolute atomic E-state index is 11.2. The molecule has 0 radical (unpaired) electrons.